The quantitative estimate of drug-likeness (QED) is 0.263. The number of allylic oxidation sites excluding steroid dienone is 1. The predicted octanol–water partition coefficient (Wildman–Crippen LogP) is 5.93. The summed E-state index contributed by atoms with van der Waals surface area (Å²) >= 11 is 0. The zero-order chi connectivity index (χ0) is 27.4. The van der Waals surface area contributed by atoms with Gasteiger partial charge in [0.1, 0.15) is 17.6 Å². The number of hydrogen-bond acceptors (Lipinski definition) is 5. The molecule has 0 amide bonds. The number of aromatic nitrogens is 1. The molecule has 0 saturated carbocycles. The van der Waals surface area contributed by atoms with Crippen LogP contribution in [0.2, 0.25) is 0 Å². The van der Waals surface area contributed by atoms with E-state index in [-0.39, 0.29) is 24.4 Å². The van der Waals surface area contributed by atoms with E-state index >= 15 is 4.39 Å². The molecule has 1 fully saturated rings. The van der Waals surface area contributed by atoms with Gasteiger partial charge >= 0.3 is 0 Å². The van der Waals surface area contributed by atoms with Crippen molar-refractivity contribution in [3.63, 3.8) is 0 Å². The maximum Gasteiger partial charge on any atom is 0.223 e. The Balaban J connectivity index is 1.51. The Hall–Kier alpha value is -3.02. The van der Waals surface area contributed by atoms with Crippen LogP contribution in [0.3, 0.4) is 0 Å². The first-order valence-electron chi connectivity index (χ1n) is 13.7. The number of aromatic hydroxyl groups is 1. The molecule has 1 aliphatic carbocycles. The lowest BCUT2D eigenvalue weighted by atomic mass is 9.88. The molecule has 206 valence electrons. The number of likely N-dealkylation sites (tertiary alicyclic amines) is 1. The van der Waals surface area contributed by atoms with Crippen LogP contribution in [-0.2, 0) is 6.42 Å². The van der Waals surface area contributed by atoms with Crippen molar-refractivity contribution in [2.24, 2.45) is 0 Å². The highest BCUT2D eigenvalue weighted by Crippen LogP contribution is 2.41. The van der Waals surface area contributed by atoms with E-state index in [0.717, 1.165) is 77.8 Å². The number of ether oxygens (including phenoxy) is 2. The monoisotopic (exact) mass is 552 g/mol. The van der Waals surface area contributed by atoms with Crippen molar-refractivity contribution in [3.05, 3.63) is 76.7 Å². The number of alkyl halides is 1. The Bertz CT molecular complexity index is 1350. The van der Waals surface area contributed by atoms with E-state index in [4.69, 9.17) is 9.47 Å². The van der Waals surface area contributed by atoms with Gasteiger partial charge in [0, 0.05) is 36.6 Å². The minimum Gasteiger partial charge on any atom is -0.507 e. The van der Waals surface area contributed by atoms with E-state index in [9.17, 15) is 9.50 Å². The first-order valence-corrected chi connectivity index (χ1v) is 14.2. The number of benzene rings is 2. The zero-order valence-electron chi connectivity index (χ0n) is 22.3. The second kappa shape index (κ2) is 12.4. The summed E-state index contributed by atoms with van der Waals surface area (Å²) < 4.78 is 39.6. The number of nitrogens with zero attached hydrogens (tertiary/aromatic N) is 2. The van der Waals surface area contributed by atoms with Crippen LogP contribution in [0.4, 0.5) is 8.78 Å². The van der Waals surface area contributed by atoms with Crippen LogP contribution < -0.4 is 14.8 Å². The van der Waals surface area contributed by atoms with Crippen molar-refractivity contribution in [3.8, 4) is 17.4 Å². The normalized spacial score (nSPS) is 17.7. The van der Waals surface area contributed by atoms with Gasteiger partial charge in [0.05, 0.1) is 13.3 Å². The molecule has 2 unspecified atom stereocenters. The number of phenolic OH excluding ortho intramolecular Hbond substituents is 1. The van der Waals surface area contributed by atoms with E-state index in [1.807, 2.05) is 37.3 Å². The molecule has 1 aromatic heterocycles. The fourth-order valence-corrected chi connectivity index (χ4v) is 6.02. The Morgan fingerprint density at radius 1 is 1.08 bits per heavy atom. The fourth-order valence-electron chi connectivity index (χ4n) is 5.63. The highest BCUT2D eigenvalue weighted by atomic mass is 31.0. The molecule has 5 rings (SSSR count). The van der Waals surface area contributed by atoms with Crippen LogP contribution in [0, 0.1) is 5.95 Å². The standard InChI is InChI=1S/C31H35F2N2O3P/c1-2-37-28-14-12-26(31(33)34-28)23-5-3-6-25-24(11-13-27(36)30(25)39)29(23)20-7-9-21(10-8-20)38-22-15-18-35(19-22)17-4-16-32/h7-14,22,36H,2-6,15-19,39H2,1H3. The van der Waals surface area contributed by atoms with Crippen LogP contribution in [0.15, 0.2) is 48.5 Å². The summed E-state index contributed by atoms with van der Waals surface area (Å²) in [5, 5.41) is 11.2. The van der Waals surface area contributed by atoms with Crippen molar-refractivity contribution < 1.29 is 23.4 Å². The van der Waals surface area contributed by atoms with Crippen molar-refractivity contribution in [1.82, 2.24) is 9.88 Å². The van der Waals surface area contributed by atoms with Gasteiger partial charge in [-0.25, -0.2) is 0 Å². The van der Waals surface area contributed by atoms with Crippen molar-refractivity contribution >= 4 is 25.7 Å². The molecule has 1 aliphatic heterocycles. The summed E-state index contributed by atoms with van der Waals surface area (Å²) in [5.74, 6) is 0.721. The maximum absolute atomic E-state index is 15.4. The number of fused-ring (bicyclic) bond motifs is 1. The zero-order valence-corrected chi connectivity index (χ0v) is 23.4. The number of phenols is 1. The van der Waals surface area contributed by atoms with Crippen LogP contribution in [0.1, 0.15) is 54.9 Å². The van der Waals surface area contributed by atoms with Gasteiger partial charge in [0.2, 0.25) is 11.8 Å². The molecule has 0 bridgehead atoms. The van der Waals surface area contributed by atoms with Gasteiger partial charge in [-0.3, -0.25) is 9.29 Å². The van der Waals surface area contributed by atoms with Gasteiger partial charge in [0.25, 0.3) is 0 Å². The molecule has 2 aromatic carbocycles. The molecule has 8 heteroatoms. The van der Waals surface area contributed by atoms with E-state index < -0.39 is 5.95 Å². The van der Waals surface area contributed by atoms with Gasteiger partial charge in [-0.15, -0.1) is 9.24 Å². The summed E-state index contributed by atoms with van der Waals surface area (Å²) in [4.78, 5) is 6.31. The molecule has 0 spiro atoms. The fraction of sp³-hybridized carbons (Fsp3) is 0.387. The smallest absolute Gasteiger partial charge is 0.223 e. The van der Waals surface area contributed by atoms with Gasteiger partial charge < -0.3 is 14.6 Å². The molecule has 2 heterocycles. The molecule has 39 heavy (non-hydrogen) atoms. The summed E-state index contributed by atoms with van der Waals surface area (Å²) in [5.41, 5.74) is 5.24. The summed E-state index contributed by atoms with van der Waals surface area (Å²) in [6.45, 7) is 4.44. The maximum atomic E-state index is 15.4. The van der Waals surface area contributed by atoms with Crippen LogP contribution in [0.5, 0.6) is 17.4 Å². The number of halogens is 2. The second-order valence-electron chi connectivity index (χ2n) is 10.0. The van der Waals surface area contributed by atoms with Crippen molar-refractivity contribution in [2.75, 3.05) is 32.9 Å². The summed E-state index contributed by atoms with van der Waals surface area (Å²) in [7, 11) is 2.67. The Kier molecular flexibility index (Phi) is 8.79. The van der Waals surface area contributed by atoms with E-state index in [1.165, 1.54) is 0 Å². The first-order chi connectivity index (χ1) is 19.0. The highest BCUT2D eigenvalue weighted by molar-refractivity contribution is 7.28. The lowest BCUT2D eigenvalue weighted by Gasteiger charge is -2.19. The van der Waals surface area contributed by atoms with Crippen molar-refractivity contribution in [2.45, 2.75) is 45.1 Å². The average Bonchev–Trinajstić information content (AvgIpc) is 3.29. The molecule has 0 radical (unpaired) electrons. The third kappa shape index (κ3) is 6.10. The molecule has 2 aliphatic rings. The molecule has 2 atom stereocenters. The van der Waals surface area contributed by atoms with Crippen molar-refractivity contribution in [1.29, 1.82) is 0 Å². The highest BCUT2D eigenvalue weighted by Gasteiger charge is 2.26. The minimum absolute atomic E-state index is 0.0792. The predicted molar refractivity (Wildman–Crippen MR) is 154 cm³/mol. The molecule has 1 saturated heterocycles. The third-order valence-electron chi connectivity index (χ3n) is 7.48. The lowest BCUT2D eigenvalue weighted by molar-refractivity contribution is 0.198. The molecule has 3 aromatic rings. The molecule has 5 nitrogen and oxygen atoms in total. The first kappa shape index (κ1) is 27.5. The van der Waals surface area contributed by atoms with Crippen LogP contribution in [-0.4, -0.2) is 54.0 Å². The van der Waals surface area contributed by atoms with E-state index in [2.05, 4.69) is 19.1 Å². The van der Waals surface area contributed by atoms with Gasteiger partial charge in [-0.2, -0.15) is 9.37 Å². The van der Waals surface area contributed by atoms with Gasteiger partial charge in [0.15, 0.2) is 0 Å². The van der Waals surface area contributed by atoms with E-state index in [0.29, 0.717) is 25.0 Å². The van der Waals surface area contributed by atoms with Gasteiger partial charge in [-0.05, 0) is 91.1 Å². The molecular formula is C31H35F2N2O3P. The Labute approximate surface area is 231 Å². The SMILES string of the molecule is CCOc1ccc(C2=C(c3ccc(OC4CCN(CCCF)C4)cc3)c3ccc(O)c(P)c3CCC2)c(F)n1. The third-order valence-corrected chi connectivity index (χ3v) is 8.13. The number of rotatable bonds is 9. The lowest BCUT2D eigenvalue weighted by Crippen LogP contribution is -2.26. The Morgan fingerprint density at radius 3 is 2.62 bits per heavy atom. The molecule has 1 N–H and O–H groups in total. The van der Waals surface area contributed by atoms with E-state index in [1.54, 1.807) is 18.2 Å². The van der Waals surface area contributed by atoms with Crippen LogP contribution in [0.25, 0.3) is 11.1 Å². The summed E-state index contributed by atoms with van der Waals surface area (Å²) in [6, 6.07) is 15.0. The average molecular weight is 553 g/mol. The van der Waals surface area contributed by atoms with Crippen LogP contribution >= 0.6 is 9.24 Å². The largest absolute Gasteiger partial charge is 0.507 e. The van der Waals surface area contributed by atoms with Gasteiger partial charge in [-0.1, -0.05) is 18.2 Å². The number of hydrogen-bond donors (Lipinski definition) is 1. The molecular weight excluding hydrogens is 517 g/mol. The number of pyridine rings is 1. The topological polar surface area (TPSA) is 54.8 Å². The second-order valence-corrected chi connectivity index (χ2v) is 10.6. The minimum atomic E-state index is -0.555. The summed E-state index contributed by atoms with van der Waals surface area (Å²) in [6.07, 6.45) is 3.79. The Morgan fingerprint density at radius 2 is 1.87 bits per heavy atom.